The number of morpholine rings is 1. The lowest BCUT2D eigenvalue weighted by atomic mass is 10.1. The zero-order chi connectivity index (χ0) is 16.9. The van der Waals surface area contributed by atoms with Gasteiger partial charge in [0.25, 0.3) is 0 Å². The first kappa shape index (κ1) is 16.9. The van der Waals surface area contributed by atoms with Crippen molar-refractivity contribution >= 4 is 11.8 Å². The minimum atomic E-state index is -0.165. The number of nitrogens with zero attached hydrogens (tertiary/aromatic N) is 2. The molecule has 8 nitrogen and oxygen atoms in total. The Morgan fingerprint density at radius 1 is 1.29 bits per heavy atom. The lowest BCUT2D eigenvalue weighted by molar-refractivity contribution is 0.122. The Morgan fingerprint density at radius 3 is 2.62 bits per heavy atom. The van der Waals surface area contributed by atoms with Gasteiger partial charge in [-0.3, -0.25) is 10.9 Å². The summed E-state index contributed by atoms with van der Waals surface area (Å²) in [6.45, 7) is 7.75. The van der Waals surface area contributed by atoms with Crippen LogP contribution in [0, 0.1) is 0 Å². The fourth-order valence-electron chi connectivity index (χ4n) is 3.01. The number of nitrogens with one attached hydrogen (secondary N) is 4. The summed E-state index contributed by atoms with van der Waals surface area (Å²) < 4.78 is 5.35. The zero-order valence-electron chi connectivity index (χ0n) is 14.2. The number of aromatic nitrogens is 1. The quantitative estimate of drug-likeness (QED) is 0.618. The smallest absolute Gasteiger partial charge is 0.315 e. The molecule has 0 aromatic carbocycles. The SMILES string of the molecule is CC1NNC(C)C1NC(=O)NCc1ccc(N2CCOCC2)nc1. The Hall–Kier alpha value is -1.90. The van der Waals surface area contributed by atoms with Crippen molar-refractivity contribution in [2.45, 2.75) is 38.5 Å². The number of amides is 2. The van der Waals surface area contributed by atoms with E-state index in [2.05, 4.69) is 31.4 Å². The van der Waals surface area contributed by atoms with Gasteiger partial charge in [0.05, 0.1) is 19.3 Å². The van der Waals surface area contributed by atoms with Crippen LogP contribution in [0.3, 0.4) is 0 Å². The van der Waals surface area contributed by atoms with E-state index < -0.39 is 0 Å². The van der Waals surface area contributed by atoms with Crippen molar-refractivity contribution in [3.05, 3.63) is 23.9 Å². The van der Waals surface area contributed by atoms with Crippen molar-refractivity contribution in [3.8, 4) is 0 Å². The number of anilines is 1. The third-order valence-corrected chi connectivity index (χ3v) is 4.51. The van der Waals surface area contributed by atoms with Crippen LogP contribution in [0.15, 0.2) is 18.3 Å². The minimum absolute atomic E-state index is 0.0619. The topological polar surface area (TPSA) is 90.5 Å². The van der Waals surface area contributed by atoms with Crippen molar-refractivity contribution in [2.24, 2.45) is 0 Å². The number of carbonyl (C=O) groups excluding carboxylic acids is 1. The summed E-state index contributed by atoms with van der Waals surface area (Å²) in [6.07, 6.45) is 1.81. The number of urea groups is 1. The van der Waals surface area contributed by atoms with Gasteiger partial charge in [-0.05, 0) is 25.5 Å². The molecular formula is C16H26N6O2. The van der Waals surface area contributed by atoms with E-state index in [9.17, 15) is 4.79 Å². The molecule has 3 heterocycles. The summed E-state index contributed by atoms with van der Waals surface area (Å²) in [5.41, 5.74) is 7.22. The Balaban J connectivity index is 1.46. The van der Waals surface area contributed by atoms with Gasteiger partial charge < -0.3 is 20.3 Å². The van der Waals surface area contributed by atoms with Gasteiger partial charge in [-0.25, -0.2) is 9.78 Å². The van der Waals surface area contributed by atoms with Crippen LogP contribution in [0.5, 0.6) is 0 Å². The van der Waals surface area contributed by atoms with Crippen molar-refractivity contribution < 1.29 is 9.53 Å². The lowest BCUT2D eigenvalue weighted by Gasteiger charge is -2.27. The number of hydrogen-bond acceptors (Lipinski definition) is 6. The molecule has 2 amide bonds. The number of ether oxygens (including phenoxy) is 1. The van der Waals surface area contributed by atoms with Gasteiger partial charge in [-0.2, -0.15) is 0 Å². The van der Waals surface area contributed by atoms with Gasteiger partial charge in [-0.15, -0.1) is 0 Å². The van der Waals surface area contributed by atoms with Crippen LogP contribution >= 0.6 is 0 Å². The first-order valence-electron chi connectivity index (χ1n) is 8.46. The first-order valence-corrected chi connectivity index (χ1v) is 8.46. The number of pyridine rings is 1. The summed E-state index contributed by atoms with van der Waals surface area (Å²) in [7, 11) is 0. The van der Waals surface area contributed by atoms with Crippen LogP contribution in [0.4, 0.5) is 10.6 Å². The summed E-state index contributed by atoms with van der Waals surface area (Å²) in [6, 6.07) is 4.28. The Labute approximate surface area is 142 Å². The van der Waals surface area contributed by atoms with Crippen molar-refractivity contribution in [1.82, 2.24) is 26.5 Å². The van der Waals surface area contributed by atoms with Crippen LogP contribution in [0.25, 0.3) is 0 Å². The molecule has 4 N–H and O–H groups in total. The fraction of sp³-hybridized carbons (Fsp3) is 0.625. The summed E-state index contributed by atoms with van der Waals surface area (Å²) in [5.74, 6) is 0.956. The second kappa shape index (κ2) is 7.78. The second-order valence-corrected chi connectivity index (χ2v) is 6.34. The largest absolute Gasteiger partial charge is 0.378 e. The summed E-state index contributed by atoms with van der Waals surface area (Å²) in [5, 5.41) is 5.88. The highest BCUT2D eigenvalue weighted by Gasteiger charge is 2.30. The predicted octanol–water partition coefficient (Wildman–Crippen LogP) is -0.0292. The Kier molecular flexibility index (Phi) is 5.49. The van der Waals surface area contributed by atoms with E-state index in [1.54, 1.807) is 0 Å². The normalized spacial score (nSPS) is 27.1. The summed E-state index contributed by atoms with van der Waals surface area (Å²) >= 11 is 0. The van der Waals surface area contributed by atoms with E-state index in [1.165, 1.54) is 0 Å². The van der Waals surface area contributed by atoms with Crippen LogP contribution < -0.4 is 26.4 Å². The van der Waals surface area contributed by atoms with Crippen molar-refractivity contribution in [1.29, 1.82) is 0 Å². The molecule has 1 aromatic rings. The number of hydrogen-bond donors (Lipinski definition) is 4. The van der Waals surface area contributed by atoms with E-state index in [-0.39, 0.29) is 24.2 Å². The highest BCUT2D eigenvalue weighted by molar-refractivity contribution is 5.74. The molecule has 2 fully saturated rings. The van der Waals surface area contributed by atoms with E-state index in [0.29, 0.717) is 6.54 Å². The molecular weight excluding hydrogens is 308 g/mol. The maximum absolute atomic E-state index is 12.1. The second-order valence-electron chi connectivity index (χ2n) is 6.34. The molecule has 2 atom stereocenters. The highest BCUT2D eigenvalue weighted by Crippen LogP contribution is 2.13. The van der Waals surface area contributed by atoms with E-state index >= 15 is 0 Å². The predicted molar refractivity (Wildman–Crippen MR) is 91.6 cm³/mol. The highest BCUT2D eigenvalue weighted by atomic mass is 16.5. The Morgan fingerprint density at radius 2 is 2.00 bits per heavy atom. The molecule has 8 heteroatoms. The van der Waals surface area contributed by atoms with Gasteiger partial charge in [0.2, 0.25) is 0 Å². The van der Waals surface area contributed by atoms with Gasteiger partial charge in [0, 0.05) is 37.9 Å². The molecule has 3 rings (SSSR count). The summed E-state index contributed by atoms with van der Waals surface area (Å²) in [4.78, 5) is 18.7. The average Bonchev–Trinajstić information content (AvgIpc) is 2.93. The van der Waals surface area contributed by atoms with Crippen molar-refractivity contribution in [2.75, 3.05) is 31.2 Å². The molecule has 2 unspecified atom stereocenters. The molecule has 2 aliphatic rings. The fourth-order valence-corrected chi connectivity index (χ4v) is 3.01. The van der Waals surface area contributed by atoms with Crippen LogP contribution in [0.1, 0.15) is 19.4 Å². The van der Waals surface area contributed by atoms with E-state index in [1.807, 2.05) is 32.2 Å². The average molecular weight is 334 g/mol. The third-order valence-electron chi connectivity index (χ3n) is 4.51. The molecule has 0 bridgehead atoms. The lowest BCUT2D eigenvalue weighted by Crippen LogP contribution is -2.50. The molecule has 132 valence electrons. The molecule has 0 saturated carbocycles. The molecule has 24 heavy (non-hydrogen) atoms. The minimum Gasteiger partial charge on any atom is -0.378 e. The molecule has 1 aromatic heterocycles. The van der Waals surface area contributed by atoms with Gasteiger partial charge in [0.15, 0.2) is 0 Å². The first-order chi connectivity index (χ1) is 11.6. The zero-order valence-corrected chi connectivity index (χ0v) is 14.2. The molecule has 2 saturated heterocycles. The van der Waals surface area contributed by atoms with Crippen LogP contribution in [-0.4, -0.2) is 55.4 Å². The van der Waals surface area contributed by atoms with Crippen LogP contribution in [-0.2, 0) is 11.3 Å². The van der Waals surface area contributed by atoms with Crippen LogP contribution in [0.2, 0.25) is 0 Å². The number of carbonyl (C=O) groups is 1. The van der Waals surface area contributed by atoms with Gasteiger partial charge >= 0.3 is 6.03 Å². The molecule has 2 aliphatic heterocycles. The van der Waals surface area contributed by atoms with E-state index in [4.69, 9.17) is 4.74 Å². The van der Waals surface area contributed by atoms with Crippen molar-refractivity contribution in [3.63, 3.8) is 0 Å². The standard InChI is InChI=1S/C16H26N6O2/c1-11-15(12(2)21-20-11)19-16(23)18-10-13-3-4-14(17-9-13)22-5-7-24-8-6-22/h3-4,9,11-12,15,20-21H,5-8,10H2,1-2H3,(H2,18,19,23). The van der Waals surface area contributed by atoms with Gasteiger partial charge in [0.1, 0.15) is 5.82 Å². The number of hydrazine groups is 1. The molecule has 0 radical (unpaired) electrons. The monoisotopic (exact) mass is 334 g/mol. The van der Waals surface area contributed by atoms with Gasteiger partial charge in [-0.1, -0.05) is 6.07 Å². The van der Waals surface area contributed by atoms with E-state index in [0.717, 1.165) is 37.7 Å². The molecule has 0 spiro atoms. The molecule has 0 aliphatic carbocycles. The maximum atomic E-state index is 12.1. The maximum Gasteiger partial charge on any atom is 0.315 e. The Bertz CT molecular complexity index is 536. The third kappa shape index (κ3) is 4.14. The number of rotatable bonds is 4.